The lowest BCUT2D eigenvalue weighted by Gasteiger charge is -2.41. The van der Waals surface area contributed by atoms with Gasteiger partial charge in [-0.05, 0) is 39.7 Å². The first-order valence-corrected chi connectivity index (χ1v) is 10.0. The number of hydrogen-bond donors (Lipinski definition) is 0. The Morgan fingerprint density at radius 2 is 1.90 bits per heavy atom. The van der Waals surface area contributed by atoms with Crippen LogP contribution >= 0.6 is 0 Å². The average Bonchev–Trinajstić information content (AvgIpc) is 2.69. The van der Waals surface area contributed by atoms with Crippen molar-refractivity contribution in [1.29, 1.82) is 5.26 Å². The summed E-state index contributed by atoms with van der Waals surface area (Å²) in [5, 5.41) is 9.52. The summed E-state index contributed by atoms with van der Waals surface area (Å²) >= 11 is 0. The van der Waals surface area contributed by atoms with Gasteiger partial charge in [-0.2, -0.15) is 5.26 Å². The molecule has 0 bridgehead atoms. The Bertz CT molecular complexity index is 797. The van der Waals surface area contributed by atoms with Crippen LogP contribution < -0.4 is 0 Å². The molecule has 8 heteroatoms. The molecule has 30 heavy (non-hydrogen) atoms. The summed E-state index contributed by atoms with van der Waals surface area (Å²) in [5.74, 6) is -0.687. The summed E-state index contributed by atoms with van der Waals surface area (Å²) in [6.45, 7) is 7.37. The van der Waals surface area contributed by atoms with Crippen LogP contribution in [0.2, 0.25) is 0 Å². The molecule has 1 aliphatic heterocycles. The van der Waals surface area contributed by atoms with Crippen LogP contribution in [-0.4, -0.2) is 58.5 Å². The predicted molar refractivity (Wildman–Crippen MR) is 109 cm³/mol. The first-order chi connectivity index (χ1) is 14.1. The van der Waals surface area contributed by atoms with E-state index in [9.17, 15) is 19.6 Å². The van der Waals surface area contributed by atoms with Gasteiger partial charge in [-0.15, -0.1) is 0 Å². The largest absolute Gasteiger partial charge is 0.460 e. The van der Waals surface area contributed by atoms with Crippen LogP contribution in [0.15, 0.2) is 30.3 Å². The van der Waals surface area contributed by atoms with Crippen molar-refractivity contribution in [2.24, 2.45) is 0 Å². The smallest absolute Gasteiger partial charge is 0.410 e. The van der Waals surface area contributed by atoms with E-state index in [4.69, 9.17) is 9.47 Å². The SMILES string of the molecule is CC1C(=O)N(CCCC(=O)OC(C)(C)C)C(C#N)CN1C(=O)OCc1ccccc1. The minimum Gasteiger partial charge on any atom is -0.460 e. The lowest BCUT2D eigenvalue weighted by molar-refractivity contribution is -0.155. The van der Waals surface area contributed by atoms with Crippen LogP contribution in [0.1, 0.15) is 46.1 Å². The molecule has 2 atom stereocenters. The van der Waals surface area contributed by atoms with Gasteiger partial charge in [0.05, 0.1) is 12.6 Å². The van der Waals surface area contributed by atoms with Gasteiger partial charge in [-0.1, -0.05) is 30.3 Å². The molecule has 8 nitrogen and oxygen atoms in total. The molecular formula is C22H29N3O5. The highest BCUT2D eigenvalue weighted by Gasteiger charge is 2.40. The van der Waals surface area contributed by atoms with E-state index in [-0.39, 0.29) is 38.0 Å². The number of benzene rings is 1. The molecule has 0 spiro atoms. The topological polar surface area (TPSA) is 99.9 Å². The number of piperazine rings is 1. The molecular weight excluding hydrogens is 386 g/mol. The van der Waals surface area contributed by atoms with Crippen LogP contribution in [0.5, 0.6) is 0 Å². The van der Waals surface area contributed by atoms with E-state index in [0.29, 0.717) is 6.42 Å². The molecule has 0 saturated carbocycles. The monoisotopic (exact) mass is 415 g/mol. The first kappa shape index (κ1) is 23.2. The summed E-state index contributed by atoms with van der Waals surface area (Å²) in [7, 11) is 0. The van der Waals surface area contributed by atoms with Crippen molar-refractivity contribution in [3.05, 3.63) is 35.9 Å². The number of esters is 1. The van der Waals surface area contributed by atoms with E-state index in [1.54, 1.807) is 27.7 Å². The third-order valence-corrected chi connectivity index (χ3v) is 4.64. The fourth-order valence-electron chi connectivity index (χ4n) is 3.17. The Morgan fingerprint density at radius 1 is 1.23 bits per heavy atom. The van der Waals surface area contributed by atoms with E-state index in [2.05, 4.69) is 6.07 Å². The molecule has 2 rings (SSSR count). The molecule has 2 unspecified atom stereocenters. The number of nitriles is 1. The highest BCUT2D eigenvalue weighted by Crippen LogP contribution is 2.19. The maximum Gasteiger partial charge on any atom is 0.410 e. The minimum atomic E-state index is -0.795. The van der Waals surface area contributed by atoms with Gasteiger partial charge in [-0.25, -0.2) is 4.79 Å². The Morgan fingerprint density at radius 3 is 2.50 bits per heavy atom. The summed E-state index contributed by atoms with van der Waals surface area (Å²) in [6.07, 6.45) is -0.103. The highest BCUT2D eigenvalue weighted by atomic mass is 16.6. The van der Waals surface area contributed by atoms with Crippen LogP contribution in [0, 0.1) is 11.3 Å². The zero-order valence-electron chi connectivity index (χ0n) is 18.0. The maximum absolute atomic E-state index is 12.8. The quantitative estimate of drug-likeness (QED) is 0.663. The zero-order chi connectivity index (χ0) is 22.3. The molecule has 0 aliphatic carbocycles. The van der Waals surface area contributed by atoms with Crippen molar-refractivity contribution < 1.29 is 23.9 Å². The zero-order valence-corrected chi connectivity index (χ0v) is 18.0. The van der Waals surface area contributed by atoms with Gasteiger partial charge in [0, 0.05) is 13.0 Å². The van der Waals surface area contributed by atoms with Gasteiger partial charge in [0.2, 0.25) is 5.91 Å². The van der Waals surface area contributed by atoms with E-state index >= 15 is 0 Å². The normalized spacial score (nSPS) is 19.2. The summed E-state index contributed by atoms with van der Waals surface area (Å²) in [6, 6.07) is 9.76. The van der Waals surface area contributed by atoms with Crippen molar-refractivity contribution in [3.63, 3.8) is 0 Å². The van der Waals surface area contributed by atoms with Crippen LogP contribution in [-0.2, 0) is 25.7 Å². The number of ether oxygens (including phenoxy) is 2. The number of nitrogens with zero attached hydrogens (tertiary/aromatic N) is 3. The molecule has 1 aromatic rings. The lowest BCUT2D eigenvalue weighted by atomic mass is 10.1. The lowest BCUT2D eigenvalue weighted by Crippen LogP contribution is -2.62. The fraction of sp³-hybridized carbons (Fsp3) is 0.545. The van der Waals surface area contributed by atoms with E-state index in [0.717, 1.165) is 5.56 Å². The number of amides is 2. The van der Waals surface area contributed by atoms with Gasteiger partial charge in [0.1, 0.15) is 24.3 Å². The number of hydrogen-bond acceptors (Lipinski definition) is 6. The highest BCUT2D eigenvalue weighted by molar-refractivity contribution is 5.87. The van der Waals surface area contributed by atoms with E-state index in [1.807, 2.05) is 30.3 Å². The van der Waals surface area contributed by atoms with Crippen LogP contribution in [0.4, 0.5) is 4.79 Å². The third kappa shape index (κ3) is 6.48. The Labute approximate surface area is 177 Å². The number of carbonyl (C=O) groups excluding carboxylic acids is 3. The molecule has 0 aromatic heterocycles. The fourth-order valence-corrected chi connectivity index (χ4v) is 3.17. The number of carbonyl (C=O) groups is 3. The standard InChI is InChI=1S/C22H29N3O5/c1-16-20(27)24(12-8-11-19(26)30-22(2,3)4)18(13-23)14-25(16)21(28)29-15-17-9-6-5-7-10-17/h5-7,9-10,16,18H,8,11-12,14-15H2,1-4H3. The molecule has 162 valence electrons. The van der Waals surface area contributed by atoms with Crippen molar-refractivity contribution >= 4 is 18.0 Å². The second-order valence-corrected chi connectivity index (χ2v) is 8.24. The molecule has 2 amide bonds. The van der Waals surface area contributed by atoms with Gasteiger partial charge in [0.15, 0.2) is 0 Å². The maximum atomic E-state index is 12.8. The summed E-state index contributed by atoms with van der Waals surface area (Å²) < 4.78 is 10.6. The molecule has 1 aromatic carbocycles. The second kappa shape index (κ2) is 10.1. The Kier molecular flexibility index (Phi) is 7.81. The minimum absolute atomic E-state index is 0.0590. The van der Waals surface area contributed by atoms with Crippen molar-refractivity contribution in [3.8, 4) is 6.07 Å². The molecule has 1 saturated heterocycles. The van der Waals surface area contributed by atoms with Gasteiger partial charge in [0.25, 0.3) is 0 Å². The summed E-state index contributed by atoms with van der Waals surface area (Å²) in [4.78, 5) is 39.9. The first-order valence-electron chi connectivity index (χ1n) is 10.0. The van der Waals surface area contributed by atoms with Gasteiger partial charge < -0.3 is 14.4 Å². The van der Waals surface area contributed by atoms with Gasteiger partial charge >= 0.3 is 12.1 Å². The van der Waals surface area contributed by atoms with Crippen molar-refractivity contribution in [2.45, 2.75) is 64.8 Å². The molecule has 1 heterocycles. The molecule has 1 fully saturated rings. The summed E-state index contributed by atoms with van der Waals surface area (Å²) in [5.41, 5.74) is 0.268. The third-order valence-electron chi connectivity index (χ3n) is 4.64. The van der Waals surface area contributed by atoms with E-state index < -0.39 is 23.8 Å². The average molecular weight is 415 g/mol. The predicted octanol–water partition coefficient (Wildman–Crippen LogP) is 2.87. The Balaban J connectivity index is 1.92. The van der Waals surface area contributed by atoms with Crippen LogP contribution in [0.3, 0.4) is 0 Å². The van der Waals surface area contributed by atoms with Crippen molar-refractivity contribution in [1.82, 2.24) is 9.80 Å². The van der Waals surface area contributed by atoms with Crippen LogP contribution in [0.25, 0.3) is 0 Å². The number of rotatable bonds is 6. The molecule has 0 radical (unpaired) electrons. The Hall–Kier alpha value is -3.08. The molecule has 0 N–H and O–H groups in total. The van der Waals surface area contributed by atoms with Crippen molar-refractivity contribution in [2.75, 3.05) is 13.1 Å². The van der Waals surface area contributed by atoms with Gasteiger partial charge in [-0.3, -0.25) is 14.5 Å². The second-order valence-electron chi connectivity index (χ2n) is 8.24. The van der Waals surface area contributed by atoms with E-state index in [1.165, 1.54) is 9.80 Å². The molecule has 1 aliphatic rings.